The van der Waals surface area contributed by atoms with Gasteiger partial charge in [-0.05, 0) is 24.3 Å². The molecule has 1 N–H and O–H groups in total. The highest BCUT2D eigenvalue weighted by Crippen LogP contribution is 2.21. The lowest BCUT2D eigenvalue weighted by Gasteiger charge is -1.94. The van der Waals surface area contributed by atoms with Gasteiger partial charge in [0.1, 0.15) is 11.3 Å². The van der Waals surface area contributed by atoms with E-state index >= 15 is 0 Å². The number of H-pyrrole nitrogens is 1. The summed E-state index contributed by atoms with van der Waals surface area (Å²) in [6.07, 6.45) is 1.73. The van der Waals surface area contributed by atoms with E-state index in [0.29, 0.717) is 5.69 Å². The van der Waals surface area contributed by atoms with E-state index in [9.17, 15) is 4.79 Å². The number of nitrogens with zero attached hydrogens (tertiary/aromatic N) is 2. The summed E-state index contributed by atoms with van der Waals surface area (Å²) in [5.41, 5.74) is 2.98. The molecule has 0 bridgehead atoms. The molecular formula is C12H9N3O. The predicted octanol–water partition coefficient (Wildman–Crippen LogP) is 2.31. The summed E-state index contributed by atoms with van der Waals surface area (Å²) in [6, 6.07) is 7.39. The van der Waals surface area contributed by atoms with Crippen molar-refractivity contribution in [3.8, 4) is 0 Å². The first-order chi connectivity index (χ1) is 7.75. The molecule has 0 saturated heterocycles. The first-order valence-corrected chi connectivity index (χ1v) is 5.00. The zero-order chi connectivity index (χ0) is 11.1. The van der Waals surface area contributed by atoms with Crippen LogP contribution in [0.1, 0.15) is 17.4 Å². The van der Waals surface area contributed by atoms with Crippen LogP contribution in [0.4, 0.5) is 0 Å². The minimum Gasteiger partial charge on any atom is -0.338 e. The molecule has 78 valence electrons. The molecule has 0 unspecified atom stereocenters. The van der Waals surface area contributed by atoms with Gasteiger partial charge in [-0.1, -0.05) is 0 Å². The Balaban J connectivity index is 2.44. The van der Waals surface area contributed by atoms with Gasteiger partial charge in [0.25, 0.3) is 0 Å². The molecule has 0 aliphatic rings. The van der Waals surface area contributed by atoms with Crippen molar-refractivity contribution in [1.82, 2.24) is 15.0 Å². The number of ketones is 1. The monoisotopic (exact) mass is 211 g/mol. The molecule has 0 atom stereocenters. The van der Waals surface area contributed by atoms with Gasteiger partial charge < -0.3 is 4.98 Å². The minimum absolute atomic E-state index is 0.0276. The summed E-state index contributed by atoms with van der Waals surface area (Å²) in [4.78, 5) is 23.0. The number of rotatable bonds is 1. The average molecular weight is 211 g/mol. The Morgan fingerprint density at radius 3 is 3.00 bits per heavy atom. The summed E-state index contributed by atoms with van der Waals surface area (Å²) < 4.78 is 0. The molecule has 3 rings (SSSR count). The predicted molar refractivity (Wildman–Crippen MR) is 61.4 cm³/mol. The van der Waals surface area contributed by atoms with Gasteiger partial charge >= 0.3 is 0 Å². The lowest BCUT2D eigenvalue weighted by Crippen LogP contribution is -1.95. The van der Waals surface area contributed by atoms with E-state index in [-0.39, 0.29) is 5.78 Å². The number of aromatic amines is 1. The highest BCUT2D eigenvalue weighted by atomic mass is 16.1. The molecule has 0 aliphatic heterocycles. The molecule has 0 fully saturated rings. The van der Waals surface area contributed by atoms with Gasteiger partial charge in [0.15, 0.2) is 5.78 Å². The molecule has 0 aromatic carbocycles. The van der Waals surface area contributed by atoms with Gasteiger partial charge in [-0.25, -0.2) is 9.97 Å². The molecule has 4 nitrogen and oxygen atoms in total. The highest BCUT2D eigenvalue weighted by molar-refractivity contribution is 6.05. The summed E-state index contributed by atoms with van der Waals surface area (Å²) in [5, 5.41) is 0.945. The summed E-state index contributed by atoms with van der Waals surface area (Å²) in [7, 11) is 0. The molecule has 16 heavy (non-hydrogen) atoms. The molecule has 4 heteroatoms. The molecule has 0 radical (unpaired) electrons. The Morgan fingerprint density at radius 1 is 1.31 bits per heavy atom. The van der Waals surface area contributed by atoms with Crippen LogP contribution in [0.25, 0.3) is 22.1 Å². The molecule has 3 heterocycles. The van der Waals surface area contributed by atoms with Crippen molar-refractivity contribution in [3.05, 3.63) is 36.2 Å². The Labute approximate surface area is 91.3 Å². The highest BCUT2D eigenvalue weighted by Gasteiger charge is 2.08. The van der Waals surface area contributed by atoms with E-state index < -0.39 is 0 Å². The van der Waals surface area contributed by atoms with Crippen molar-refractivity contribution in [1.29, 1.82) is 0 Å². The zero-order valence-corrected chi connectivity index (χ0v) is 8.69. The maximum Gasteiger partial charge on any atom is 0.178 e. The number of aromatic nitrogens is 3. The van der Waals surface area contributed by atoms with Gasteiger partial charge in [-0.3, -0.25) is 4.79 Å². The van der Waals surface area contributed by atoms with Crippen molar-refractivity contribution >= 4 is 27.9 Å². The largest absolute Gasteiger partial charge is 0.338 e. The molecule has 0 aliphatic carbocycles. The van der Waals surface area contributed by atoms with Crippen LogP contribution in [-0.4, -0.2) is 20.7 Å². The SMILES string of the molecule is CC(=O)c1ccc2[nH]c3ncccc3c2n1. The number of carbonyl (C=O) groups excluding carboxylic acids is 1. The Kier molecular flexibility index (Phi) is 1.77. The van der Waals surface area contributed by atoms with Crippen LogP contribution >= 0.6 is 0 Å². The average Bonchev–Trinajstić information content (AvgIpc) is 2.66. The van der Waals surface area contributed by atoms with Gasteiger partial charge in [-0.2, -0.15) is 0 Å². The van der Waals surface area contributed by atoms with Crippen LogP contribution in [0, 0.1) is 0 Å². The van der Waals surface area contributed by atoms with E-state index in [1.165, 1.54) is 6.92 Å². The van der Waals surface area contributed by atoms with Crippen molar-refractivity contribution in [2.24, 2.45) is 0 Å². The van der Waals surface area contributed by atoms with Gasteiger partial charge in [0.2, 0.25) is 0 Å². The molecular weight excluding hydrogens is 202 g/mol. The van der Waals surface area contributed by atoms with Crippen molar-refractivity contribution in [2.75, 3.05) is 0 Å². The normalized spacial score (nSPS) is 11.1. The van der Waals surface area contributed by atoms with E-state index in [4.69, 9.17) is 0 Å². The molecule has 3 aromatic heterocycles. The second-order valence-corrected chi connectivity index (χ2v) is 3.67. The molecule has 3 aromatic rings. The zero-order valence-electron chi connectivity index (χ0n) is 8.69. The Morgan fingerprint density at radius 2 is 2.19 bits per heavy atom. The van der Waals surface area contributed by atoms with Crippen LogP contribution in [0.15, 0.2) is 30.5 Å². The number of hydrogen-bond acceptors (Lipinski definition) is 3. The standard InChI is InChI=1S/C12H9N3O/c1-7(16)9-4-5-10-11(14-9)8-3-2-6-13-12(8)15-10/h2-6H,1H3,(H,13,15). The Hall–Kier alpha value is -2.23. The summed E-state index contributed by atoms with van der Waals surface area (Å²) >= 11 is 0. The number of fused-ring (bicyclic) bond motifs is 3. The molecule has 0 amide bonds. The van der Waals surface area contributed by atoms with Crippen LogP contribution < -0.4 is 0 Å². The first-order valence-electron chi connectivity index (χ1n) is 5.00. The van der Waals surface area contributed by atoms with Crippen LogP contribution in [0.3, 0.4) is 0 Å². The van der Waals surface area contributed by atoms with E-state index in [1.54, 1.807) is 12.3 Å². The number of Topliss-reactive ketones (excluding diaryl/α,β-unsaturated/α-hetero) is 1. The number of nitrogens with one attached hydrogen (secondary N) is 1. The summed E-state index contributed by atoms with van der Waals surface area (Å²) in [5.74, 6) is -0.0276. The van der Waals surface area contributed by atoms with Crippen molar-refractivity contribution in [3.63, 3.8) is 0 Å². The summed E-state index contributed by atoms with van der Waals surface area (Å²) in [6.45, 7) is 1.52. The van der Waals surface area contributed by atoms with Crippen molar-refractivity contribution < 1.29 is 4.79 Å². The molecule has 0 spiro atoms. The third kappa shape index (κ3) is 1.20. The quantitative estimate of drug-likeness (QED) is 0.628. The van der Waals surface area contributed by atoms with Gasteiger partial charge in [0, 0.05) is 18.5 Å². The van der Waals surface area contributed by atoms with Crippen LogP contribution in [0.2, 0.25) is 0 Å². The van der Waals surface area contributed by atoms with Crippen LogP contribution in [0.5, 0.6) is 0 Å². The molecule has 0 saturated carbocycles. The van der Waals surface area contributed by atoms with E-state index in [2.05, 4.69) is 15.0 Å². The first kappa shape index (κ1) is 9.03. The number of carbonyl (C=O) groups is 1. The third-order valence-corrected chi connectivity index (χ3v) is 2.57. The fourth-order valence-electron chi connectivity index (χ4n) is 1.78. The van der Waals surface area contributed by atoms with E-state index in [1.807, 2.05) is 18.2 Å². The minimum atomic E-state index is -0.0276. The lowest BCUT2D eigenvalue weighted by molar-refractivity contribution is 0.101. The second-order valence-electron chi connectivity index (χ2n) is 3.67. The Bertz CT molecular complexity index is 700. The second kappa shape index (κ2) is 3.13. The van der Waals surface area contributed by atoms with E-state index in [0.717, 1.165) is 22.1 Å². The fourth-order valence-corrected chi connectivity index (χ4v) is 1.78. The maximum absolute atomic E-state index is 11.3. The van der Waals surface area contributed by atoms with Gasteiger partial charge in [0.05, 0.1) is 11.0 Å². The lowest BCUT2D eigenvalue weighted by atomic mass is 10.2. The van der Waals surface area contributed by atoms with Crippen molar-refractivity contribution in [2.45, 2.75) is 6.92 Å². The third-order valence-electron chi connectivity index (χ3n) is 2.57. The fraction of sp³-hybridized carbons (Fsp3) is 0.0833. The maximum atomic E-state index is 11.3. The number of hydrogen-bond donors (Lipinski definition) is 1. The smallest absolute Gasteiger partial charge is 0.178 e. The van der Waals surface area contributed by atoms with Crippen LogP contribution in [-0.2, 0) is 0 Å². The topological polar surface area (TPSA) is 58.6 Å². The number of pyridine rings is 2. The van der Waals surface area contributed by atoms with Gasteiger partial charge in [-0.15, -0.1) is 0 Å².